The van der Waals surface area contributed by atoms with E-state index in [1.807, 2.05) is 13.8 Å². The Hall–Kier alpha value is -1.56. The van der Waals surface area contributed by atoms with Crippen LogP contribution in [0.25, 0.3) is 0 Å². The Kier molecular flexibility index (Phi) is 3.31. The number of nitrogen functional groups attached to an aromatic ring is 1. The lowest BCUT2D eigenvalue weighted by Gasteiger charge is -2.26. The SMILES string of the molecule is CC(C)(CCO)Nc1nc[nH]c(=O)c1N. The maximum atomic E-state index is 11.2. The van der Waals surface area contributed by atoms with Gasteiger partial charge in [-0.3, -0.25) is 4.79 Å². The van der Waals surface area contributed by atoms with Crippen molar-refractivity contribution in [2.45, 2.75) is 25.8 Å². The van der Waals surface area contributed by atoms with Crippen LogP contribution in [0.1, 0.15) is 20.3 Å². The first-order valence-corrected chi connectivity index (χ1v) is 4.68. The molecule has 0 bridgehead atoms. The highest BCUT2D eigenvalue weighted by Crippen LogP contribution is 2.17. The topological polar surface area (TPSA) is 104 Å². The highest BCUT2D eigenvalue weighted by atomic mass is 16.3. The summed E-state index contributed by atoms with van der Waals surface area (Å²) in [6.07, 6.45) is 1.83. The van der Waals surface area contributed by atoms with E-state index in [1.165, 1.54) is 6.33 Å². The van der Waals surface area contributed by atoms with Crippen LogP contribution in [0.2, 0.25) is 0 Å². The first-order chi connectivity index (χ1) is 6.96. The van der Waals surface area contributed by atoms with Gasteiger partial charge in [0.1, 0.15) is 5.69 Å². The van der Waals surface area contributed by atoms with E-state index < -0.39 is 0 Å². The first-order valence-electron chi connectivity index (χ1n) is 4.68. The van der Waals surface area contributed by atoms with E-state index in [9.17, 15) is 4.79 Å². The largest absolute Gasteiger partial charge is 0.396 e. The van der Waals surface area contributed by atoms with E-state index in [2.05, 4.69) is 15.3 Å². The summed E-state index contributed by atoms with van der Waals surface area (Å²) in [5, 5.41) is 11.9. The van der Waals surface area contributed by atoms with Gasteiger partial charge in [-0.1, -0.05) is 0 Å². The summed E-state index contributed by atoms with van der Waals surface area (Å²) >= 11 is 0. The van der Waals surface area contributed by atoms with Crippen molar-refractivity contribution in [3.05, 3.63) is 16.7 Å². The minimum atomic E-state index is -0.368. The number of nitrogens with two attached hydrogens (primary N) is 1. The smallest absolute Gasteiger partial charge is 0.276 e. The number of hydrogen-bond acceptors (Lipinski definition) is 5. The summed E-state index contributed by atoms with van der Waals surface area (Å²) in [6.45, 7) is 3.85. The molecule has 0 aliphatic rings. The molecule has 0 unspecified atom stereocenters. The molecule has 5 N–H and O–H groups in total. The van der Waals surface area contributed by atoms with Crippen LogP contribution in [0.5, 0.6) is 0 Å². The average Bonchev–Trinajstić information content (AvgIpc) is 2.12. The molecule has 0 saturated heterocycles. The van der Waals surface area contributed by atoms with Crippen LogP contribution < -0.4 is 16.6 Å². The lowest BCUT2D eigenvalue weighted by molar-refractivity contribution is 0.260. The van der Waals surface area contributed by atoms with Crippen molar-refractivity contribution in [3.8, 4) is 0 Å². The number of nitrogens with one attached hydrogen (secondary N) is 2. The van der Waals surface area contributed by atoms with Crippen LogP contribution in [0.3, 0.4) is 0 Å². The summed E-state index contributed by atoms with van der Waals surface area (Å²) in [5.41, 5.74) is 4.89. The normalized spacial score (nSPS) is 11.4. The molecule has 84 valence electrons. The van der Waals surface area contributed by atoms with Crippen LogP contribution >= 0.6 is 0 Å². The fraction of sp³-hybridized carbons (Fsp3) is 0.556. The molecule has 0 atom stereocenters. The lowest BCUT2D eigenvalue weighted by atomic mass is 10.0. The van der Waals surface area contributed by atoms with Crippen molar-refractivity contribution in [2.24, 2.45) is 0 Å². The van der Waals surface area contributed by atoms with Crippen molar-refractivity contribution < 1.29 is 5.11 Å². The maximum Gasteiger partial charge on any atom is 0.276 e. The van der Waals surface area contributed by atoms with E-state index >= 15 is 0 Å². The molecule has 1 heterocycles. The number of aromatic nitrogens is 2. The molecule has 0 aromatic carbocycles. The molecule has 1 aromatic rings. The molecule has 1 rings (SSSR count). The summed E-state index contributed by atoms with van der Waals surface area (Å²) in [4.78, 5) is 17.5. The van der Waals surface area contributed by atoms with Crippen molar-refractivity contribution in [3.63, 3.8) is 0 Å². The van der Waals surface area contributed by atoms with Gasteiger partial charge >= 0.3 is 0 Å². The zero-order valence-corrected chi connectivity index (χ0v) is 8.87. The molecule has 0 aliphatic heterocycles. The Balaban J connectivity index is 2.90. The highest BCUT2D eigenvalue weighted by molar-refractivity contribution is 5.59. The Bertz CT molecular complexity index is 386. The number of nitrogens with zero attached hydrogens (tertiary/aromatic N) is 1. The molecule has 15 heavy (non-hydrogen) atoms. The first kappa shape index (κ1) is 11.5. The summed E-state index contributed by atoms with van der Waals surface area (Å²) in [6, 6.07) is 0. The van der Waals surface area contributed by atoms with Crippen molar-refractivity contribution in [1.82, 2.24) is 9.97 Å². The zero-order chi connectivity index (χ0) is 11.5. The molecule has 0 aliphatic carbocycles. The molecule has 0 fully saturated rings. The number of aliphatic hydroxyl groups excluding tert-OH is 1. The third-order valence-corrected chi connectivity index (χ3v) is 2.08. The van der Waals surface area contributed by atoms with Crippen LogP contribution in [0.4, 0.5) is 11.5 Å². The van der Waals surface area contributed by atoms with Gasteiger partial charge in [0.15, 0.2) is 5.82 Å². The molecular formula is C9H16N4O2. The van der Waals surface area contributed by atoms with E-state index in [1.54, 1.807) is 0 Å². The minimum Gasteiger partial charge on any atom is -0.396 e. The number of H-pyrrole nitrogens is 1. The van der Waals surface area contributed by atoms with E-state index in [-0.39, 0.29) is 23.4 Å². The number of rotatable bonds is 4. The van der Waals surface area contributed by atoms with Crippen LogP contribution in [0.15, 0.2) is 11.1 Å². The Labute approximate surface area is 87.5 Å². The molecule has 6 heteroatoms. The van der Waals surface area contributed by atoms with Gasteiger partial charge < -0.3 is 21.1 Å². The molecule has 6 nitrogen and oxygen atoms in total. The van der Waals surface area contributed by atoms with Gasteiger partial charge in [-0.15, -0.1) is 0 Å². The van der Waals surface area contributed by atoms with E-state index in [0.29, 0.717) is 12.2 Å². The number of hydrogen-bond donors (Lipinski definition) is 4. The minimum absolute atomic E-state index is 0.0586. The van der Waals surface area contributed by atoms with Gasteiger partial charge in [0, 0.05) is 12.1 Å². The van der Waals surface area contributed by atoms with Gasteiger partial charge in [0.25, 0.3) is 5.56 Å². The second-order valence-electron chi connectivity index (χ2n) is 3.98. The van der Waals surface area contributed by atoms with Crippen LogP contribution in [-0.2, 0) is 0 Å². The monoisotopic (exact) mass is 212 g/mol. The van der Waals surface area contributed by atoms with Crippen LogP contribution in [-0.4, -0.2) is 27.2 Å². The fourth-order valence-electron chi connectivity index (χ4n) is 1.17. The maximum absolute atomic E-state index is 11.2. The van der Waals surface area contributed by atoms with Crippen molar-refractivity contribution in [2.75, 3.05) is 17.7 Å². The van der Waals surface area contributed by atoms with Crippen LogP contribution in [0, 0.1) is 0 Å². The summed E-state index contributed by atoms with van der Waals surface area (Å²) < 4.78 is 0. The summed E-state index contributed by atoms with van der Waals surface area (Å²) in [5.74, 6) is 0.345. The molecule has 0 saturated carbocycles. The number of aliphatic hydroxyl groups is 1. The Morgan fingerprint density at radius 2 is 2.33 bits per heavy atom. The molecule has 0 spiro atoms. The number of anilines is 2. The second kappa shape index (κ2) is 4.31. The predicted octanol–water partition coefficient (Wildman–Crippen LogP) is -0.0750. The van der Waals surface area contributed by atoms with Gasteiger partial charge in [0.05, 0.1) is 6.33 Å². The van der Waals surface area contributed by atoms with E-state index in [0.717, 1.165) is 0 Å². The van der Waals surface area contributed by atoms with Gasteiger partial charge in [-0.2, -0.15) is 0 Å². The zero-order valence-electron chi connectivity index (χ0n) is 8.87. The molecular weight excluding hydrogens is 196 g/mol. The molecule has 0 radical (unpaired) electrons. The Morgan fingerprint density at radius 3 is 2.93 bits per heavy atom. The van der Waals surface area contributed by atoms with Gasteiger partial charge in [0.2, 0.25) is 0 Å². The highest BCUT2D eigenvalue weighted by Gasteiger charge is 2.18. The lowest BCUT2D eigenvalue weighted by Crippen LogP contribution is -2.33. The number of aromatic amines is 1. The van der Waals surface area contributed by atoms with Crippen molar-refractivity contribution >= 4 is 11.5 Å². The average molecular weight is 212 g/mol. The standard InChI is InChI=1S/C9H16N4O2/c1-9(2,3-4-14)13-7-6(10)8(15)12-5-11-7/h5,14H,3-4,10H2,1-2H3,(H2,11,12,13,15). The molecule has 0 amide bonds. The molecule has 1 aromatic heterocycles. The van der Waals surface area contributed by atoms with Gasteiger partial charge in [-0.25, -0.2) is 4.98 Å². The second-order valence-corrected chi connectivity index (χ2v) is 3.98. The van der Waals surface area contributed by atoms with Gasteiger partial charge in [-0.05, 0) is 20.3 Å². The third-order valence-electron chi connectivity index (χ3n) is 2.08. The van der Waals surface area contributed by atoms with Crippen molar-refractivity contribution in [1.29, 1.82) is 0 Å². The summed E-state index contributed by atoms with van der Waals surface area (Å²) in [7, 11) is 0. The Morgan fingerprint density at radius 1 is 1.67 bits per heavy atom. The van der Waals surface area contributed by atoms with E-state index in [4.69, 9.17) is 10.8 Å². The fourth-order valence-corrected chi connectivity index (χ4v) is 1.17. The predicted molar refractivity (Wildman–Crippen MR) is 58.7 cm³/mol. The third kappa shape index (κ3) is 2.95. The quantitative estimate of drug-likeness (QED) is 0.559.